The van der Waals surface area contributed by atoms with Crippen molar-refractivity contribution in [2.24, 2.45) is 0 Å². The largest absolute Gasteiger partial charge is 0.484 e. The second kappa shape index (κ2) is 11.2. The molecule has 0 aromatic heterocycles. The monoisotopic (exact) mass is 476 g/mol. The van der Waals surface area contributed by atoms with E-state index in [0.717, 1.165) is 31.2 Å². The molecule has 8 heteroatoms. The standard InChI is InChI=1S/C24H32N2O4S2/c1-17-15-22(32(28,29)26-20-7-5-4-6-8-20)13-14-23(17)30-16-24(27)25-18(2)19-9-11-21(31-3)12-10-19/h9-15,18,20,26H,4-8,16H2,1-3H3,(H,25,27)/t18-/m0/s1. The summed E-state index contributed by atoms with van der Waals surface area (Å²) in [6.07, 6.45) is 7.07. The van der Waals surface area contributed by atoms with Crippen LogP contribution in [0.4, 0.5) is 0 Å². The Hall–Kier alpha value is -2.03. The quantitative estimate of drug-likeness (QED) is 0.518. The number of carbonyl (C=O) groups is 1. The van der Waals surface area contributed by atoms with Crippen LogP contribution in [0.15, 0.2) is 52.3 Å². The van der Waals surface area contributed by atoms with Gasteiger partial charge in [-0.05, 0) is 74.4 Å². The number of benzene rings is 2. The maximum Gasteiger partial charge on any atom is 0.258 e. The van der Waals surface area contributed by atoms with Crippen LogP contribution in [0.2, 0.25) is 0 Å². The van der Waals surface area contributed by atoms with Crippen molar-refractivity contribution in [1.29, 1.82) is 0 Å². The molecule has 1 fully saturated rings. The molecule has 6 nitrogen and oxygen atoms in total. The van der Waals surface area contributed by atoms with Gasteiger partial charge < -0.3 is 10.1 Å². The highest BCUT2D eigenvalue weighted by molar-refractivity contribution is 7.98. The molecule has 174 valence electrons. The Balaban J connectivity index is 1.55. The Bertz CT molecular complexity index is 1020. The Morgan fingerprint density at radius 1 is 1.12 bits per heavy atom. The van der Waals surface area contributed by atoms with E-state index in [4.69, 9.17) is 4.74 Å². The van der Waals surface area contributed by atoms with Gasteiger partial charge in [0.05, 0.1) is 10.9 Å². The van der Waals surface area contributed by atoms with E-state index in [9.17, 15) is 13.2 Å². The molecular formula is C24H32N2O4S2. The van der Waals surface area contributed by atoms with Gasteiger partial charge in [-0.2, -0.15) is 0 Å². The second-order valence-corrected chi connectivity index (χ2v) is 10.8. The van der Waals surface area contributed by atoms with Crippen molar-refractivity contribution >= 4 is 27.7 Å². The minimum atomic E-state index is -3.57. The normalized spacial score (nSPS) is 15.8. The Labute approximate surface area is 195 Å². The molecule has 0 heterocycles. The molecule has 0 bridgehead atoms. The molecule has 0 spiro atoms. The molecule has 2 aromatic rings. The van der Waals surface area contributed by atoms with E-state index in [0.29, 0.717) is 11.3 Å². The smallest absolute Gasteiger partial charge is 0.258 e. The molecule has 1 amide bonds. The van der Waals surface area contributed by atoms with Crippen LogP contribution in [0.1, 0.15) is 56.2 Å². The van der Waals surface area contributed by atoms with Crippen molar-refractivity contribution in [2.75, 3.05) is 12.9 Å². The van der Waals surface area contributed by atoms with Crippen LogP contribution in [0.3, 0.4) is 0 Å². The van der Waals surface area contributed by atoms with E-state index < -0.39 is 10.0 Å². The summed E-state index contributed by atoms with van der Waals surface area (Å²) in [6, 6.07) is 12.7. The molecule has 0 saturated heterocycles. The molecule has 3 rings (SSSR count). The molecular weight excluding hydrogens is 444 g/mol. The SMILES string of the molecule is CSc1ccc([C@H](C)NC(=O)COc2ccc(S(=O)(=O)NC3CCCCC3)cc2C)cc1. The summed E-state index contributed by atoms with van der Waals surface area (Å²) in [5, 5.41) is 2.93. The van der Waals surface area contributed by atoms with Gasteiger partial charge in [0.25, 0.3) is 5.91 Å². The van der Waals surface area contributed by atoms with Crippen LogP contribution in [0.25, 0.3) is 0 Å². The van der Waals surface area contributed by atoms with Gasteiger partial charge in [-0.3, -0.25) is 4.79 Å². The fraction of sp³-hybridized carbons (Fsp3) is 0.458. The van der Waals surface area contributed by atoms with Crippen LogP contribution in [0.5, 0.6) is 5.75 Å². The predicted molar refractivity (Wildman–Crippen MR) is 129 cm³/mol. The van der Waals surface area contributed by atoms with Crippen molar-refractivity contribution < 1.29 is 17.9 Å². The lowest BCUT2D eigenvalue weighted by atomic mass is 9.96. The van der Waals surface area contributed by atoms with E-state index in [1.807, 2.05) is 37.4 Å². The fourth-order valence-electron chi connectivity index (χ4n) is 3.86. The van der Waals surface area contributed by atoms with Crippen molar-refractivity contribution in [1.82, 2.24) is 10.0 Å². The molecule has 32 heavy (non-hydrogen) atoms. The molecule has 0 aliphatic heterocycles. The minimum absolute atomic E-state index is 0.00704. The third-order valence-electron chi connectivity index (χ3n) is 5.74. The molecule has 0 unspecified atom stereocenters. The first-order valence-electron chi connectivity index (χ1n) is 11.0. The van der Waals surface area contributed by atoms with Crippen molar-refractivity contribution in [3.05, 3.63) is 53.6 Å². The van der Waals surface area contributed by atoms with Gasteiger partial charge in [0.2, 0.25) is 10.0 Å². The van der Waals surface area contributed by atoms with Gasteiger partial charge in [0.15, 0.2) is 6.61 Å². The highest BCUT2D eigenvalue weighted by atomic mass is 32.2. The lowest BCUT2D eigenvalue weighted by Crippen LogP contribution is -2.36. The number of ether oxygens (including phenoxy) is 1. The molecule has 1 aliphatic carbocycles. The van der Waals surface area contributed by atoms with Crippen LogP contribution in [-0.4, -0.2) is 33.2 Å². The lowest BCUT2D eigenvalue weighted by molar-refractivity contribution is -0.123. The summed E-state index contributed by atoms with van der Waals surface area (Å²) >= 11 is 1.67. The van der Waals surface area contributed by atoms with Crippen molar-refractivity contribution in [3.63, 3.8) is 0 Å². The second-order valence-electron chi connectivity index (χ2n) is 8.23. The van der Waals surface area contributed by atoms with Crippen LogP contribution in [0, 0.1) is 6.92 Å². The molecule has 2 N–H and O–H groups in total. The molecule has 2 aromatic carbocycles. The first-order valence-corrected chi connectivity index (χ1v) is 13.7. The highest BCUT2D eigenvalue weighted by Gasteiger charge is 2.22. The van der Waals surface area contributed by atoms with E-state index in [1.54, 1.807) is 30.8 Å². The maximum absolute atomic E-state index is 12.7. The lowest BCUT2D eigenvalue weighted by Gasteiger charge is -2.22. The van der Waals surface area contributed by atoms with E-state index in [2.05, 4.69) is 10.0 Å². The third kappa shape index (κ3) is 6.73. The molecule has 1 atom stereocenters. The van der Waals surface area contributed by atoms with Gasteiger partial charge in [-0.25, -0.2) is 13.1 Å². The Kier molecular flexibility index (Phi) is 8.62. The Morgan fingerprint density at radius 3 is 2.44 bits per heavy atom. The number of thioether (sulfide) groups is 1. The number of amides is 1. The average Bonchev–Trinajstić information content (AvgIpc) is 2.78. The maximum atomic E-state index is 12.7. The van der Waals surface area contributed by atoms with E-state index in [1.165, 1.54) is 17.4 Å². The number of carbonyl (C=O) groups excluding carboxylic acids is 1. The Morgan fingerprint density at radius 2 is 1.81 bits per heavy atom. The first kappa shape index (κ1) is 24.6. The molecule has 0 radical (unpaired) electrons. The van der Waals surface area contributed by atoms with Crippen molar-refractivity contribution in [3.8, 4) is 5.75 Å². The number of sulfonamides is 1. The fourth-order valence-corrected chi connectivity index (χ4v) is 5.66. The van der Waals surface area contributed by atoms with E-state index in [-0.39, 0.29) is 29.5 Å². The van der Waals surface area contributed by atoms with Gasteiger partial charge in [-0.15, -0.1) is 11.8 Å². The third-order valence-corrected chi connectivity index (χ3v) is 8.00. The summed E-state index contributed by atoms with van der Waals surface area (Å²) < 4.78 is 33.9. The average molecular weight is 477 g/mol. The van der Waals surface area contributed by atoms with Gasteiger partial charge in [0, 0.05) is 10.9 Å². The van der Waals surface area contributed by atoms with Gasteiger partial charge >= 0.3 is 0 Å². The van der Waals surface area contributed by atoms with Crippen molar-refractivity contribution in [2.45, 2.75) is 67.8 Å². The topological polar surface area (TPSA) is 84.5 Å². The van der Waals surface area contributed by atoms with Gasteiger partial charge in [0.1, 0.15) is 5.75 Å². The summed E-state index contributed by atoms with van der Waals surface area (Å²) in [5.74, 6) is 0.259. The zero-order chi connectivity index (χ0) is 23.1. The van der Waals surface area contributed by atoms with Crippen LogP contribution in [-0.2, 0) is 14.8 Å². The number of hydrogen-bond acceptors (Lipinski definition) is 5. The summed E-state index contributed by atoms with van der Waals surface area (Å²) in [4.78, 5) is 13.7. The number of nitrogens with one attached hydrogen (secondary N) is 2. The zero-order valence-electron chi connectivity index (χ0n) is 18.9. The van der Waals surface area contributed by atoms with E-state index >= 15 is 0 Å². The predicted octanol–water partition coefficient (Wildman–Crippen LogP) is 4.58. The summed E-state index contributed by atoms with van der Waals surface area (Å²) in [7, 11) is -3.57. The minimum Gasteiger partial charge on any atom is -0.484 e. The summed E-state index contributed by atoms with van der Waals surface area (Å²) in [5.41, 5.74) is 1.69. The summed E-state index contributed by atoms with van der Waals surface area (Å²) in [6.45, 7) is 3.57. The number of hydrogen-bond donors (Lipinski definition) is 2. The van der Waals surface area contributed by atoms with Crippen LogP contribution < -0.4 is 14.8 Å². The highest BCUT2D eigenvalue weighted by Crippen LogP contribution is 2.24. The van der Waals surface area contributed by atoms with Gasteiger partial charge in [-0.1, -0.05) is 31.4 Å². The number of rotatable bonds is 9. The molecule has 1 saturated carbocycles. The molecule has 1 aliphatic rings. The van der Waals surface area contributed by atoms with Crippen LogP contribution >= 0.6 is 11.8 Å². The zero-order valence-corrected chi connectivity index (χ0v) is 20.5. The number of aryl methyl sites for hydroxylation is 1. The first-order chi connectivity index (χ1) is 15.3.